The number of likely N-dealkylation sites (tertiary alicyclic amines) is 1. The van der Waals surface area contributed by atoms with Crippen LogP contribution in [0.2, 0.25) is 0 Å². The fourth-order valence-electron chi connectivity index (χ4n) is 5.80. The number of rotatable bonds is 9. The molecule has 6 rings (SSSR count). The number of aromatic nitrogens is 5. The highest BCUT2D eigenvalue weighted by atomic mass is 19.1. The monoisotopic (exact) mass is 575 g/mol. The third-order valence-corrected chi connectivity index (χ3v) is 8.30. The molecule has 5 aromatic rings. The lowest BCUT2D eigenvalue weighted by molar-refractivity contribution is 0.334. The Morgan fingerprint density at radius 1 is 1.05 bits per heavy atom. The largest absolute Gasteiger partial charge is 0.376 e. The summed E-state index contributed by atoms with van der Waals surface area (Å²) in [5.74, 6) is -0.221. The Bertz CT molecular complexity index is 1890. The van der Waals surface area contributed by atoms with Gasteiger partial charge in [-0.2, -0.15) is 5.10 Å². The van der Waals surface area contributed by atoms with E-state index in [1.165, 1.54) is 25.9 Å². The van der Waals surface area contributed by atoms with Crippen molar-refractivity contribution < 1.29 is 4.39 Å². The first-order valence-electron chi connectivity index (χ1n) is 14.9. The second-order valence-corrected chi connectivity index (χ2v) is 11.6. The maximum Gasteiger partial charge on any atom is 0.124 e. The van der Waals surface area contributed by atoms with Crippen LogP contribution in [0, 0.1) is 5.82 Å². The van der Waals surface area contributed by atoms with Crippen molar-refractivity contribution in [2.75, 3.05) is 38.6 Å². The molecule has 0 aliphatic carbocycles. The van der Waals surface area contributed by atoms with Gasteiger partial charge in [-0.25, -0.2) is 4.39 Å². The zero-order valence-electron chi connectivity index (χ0n) is 25.1. The van der Waals surface area contributed by atoms with Gasteiger partial charge in [0.1, 0.15) is 11.5 Å². The average molecular weight is 576 g/mol. The molecular formula is C35H38FN7. The van der Waals surface area contributed by atoms with Crippen LogP contribution in [-0.2, 0) is 6.42 Å². The summed E-state index contributed by atoms with van der Waals surface area (Å²) in [5, 5.41) is 10.3. The van der Waals surface area contributed by atoms with Gasteiger partial charge in [0, 0.05) is 42.7 Å². The lowest BCUT2D eigenvalue weighted by atomic mass is 9.99. The molecule has 1 aromatic carbocycles. The number of allylic oxidation sites excluding steroid dienone is 2. The molecule has 1 fully saturated rings. The molecule has 0 bridgehead atoms. The van der Waals surface area contributed by atoms with Crippen molar-refractivity contribution in [3.05, 3.63) is 88.7 Å². The summed E-state index contributed by atoms with van der Waals surface area (Å²) in [4.78, 5) is 16.8. The lowest BCUT2D eigenvalue weighted by Gasteiger charge is -2.14. The van der Waals surface area contributed by atoms with Crippen molar-refractivity contribution in [3.8, 4) is 22.5 Å². The van der Waals surface area contributed by atoms with Crippen molar-refractivity contribution in [3.63, 3.8) is 0 Å². The summed E-state index contributed by atoms with van der Waals surface area (Å²) < 4.78 is 14.8. The van der Waals surface area contributed by atoms with Gasteiger partial charge in [0.25, 0.3) is 0 Å². The summed E-state index contributed by atoms with van der Waals surface area (Å²) in [7, 11) is 4.01. The normalized spacial score (nSPS) is 14.7. The van der Waals surface area contributed by atoms with Crippen LogP contribution in [-0.4, -0.2) is 63.8 Å². The van der Waals surface area contributed by atoms with Gasteiger partial charge in [0.2, 0.25) is 0 Å². The minimum absolute atomic E-state index is 0.221. The third kappa shape index (κ3) is 6.29. The summed E-state index contributed by atoms with van der Waals surface area (Å²) in [6.07, 6.45) is 15.8. The van der Waals surface area contributed by atoms with Gasteiger partial charge in [0.15, 0.2) is 0 Å². The minimum Gasteiger partial charge on any atom is -0.376 e. The molecular weight excluding hydrogens is 537 g/mol. The van der Waals surface area contributed by atoms with Crippen molar-refractivity contribution in [2.45, 2.75) is 32.6 Å². The standard InChI is InChI=1S/C35H38FN7/c1-23(27-17-29(42(3)4)20-37-19-27)9-10-32-24(2)35(41-40-32)33-18-30-31(21-38-22-34(30)39-33)26-14-25(15-28(36)16-26)8-7-13-43-11-5-6-12-43/h9-10,14-22,39-40H,2,5-8,11-13H2,1,3-4H3/b23-9+,32-10+. The Morgan fingerprint density at radius 3 is 2.67 bits per heavy atom. The van der Waals surface area contributed by atoms with E-state index in [0.29, 0.717) is 0 Å². The van der Waals surface area contributed by atoms with Crippen LogP contribution in [0.25, 0.3) is 51.6 Å². The van der Waals surface area contributed by atoms with Crippen molar-refractivity contribution >= 4 is 34.8 Å². The minimum atomic E-state index is -0.221. The number of hydrogen-bond donors (Lipinski definition) is 2. The molecule has 4 aromatic heterocycles. The maximum absolute atomic E-state index is 14.8. The maximum atomic E-state index is 14.8. The van der Waals surface area contributed by atoms with Crippen molar-refractivity contribution in [2.24, 2.45) is 0 Å². The van der Waals surface area contributed by atoms with Gasteiger partial charge in [0.05, 0.1) is 34.6 Å². The van der Waals surface area contributed by atoms with Gasteiger partial charge in [-0.3, -0.25) is 15.1 Å². The highest BCUT2D eigenvalue weighted by Gasteiger charge is 2.14. The molecule has 43 heavy (non-hydrogen) atoms. The summed E-state index contributed by atoms with van der Waals surface area (Å²) in [6, 6.07) is 9.52. The molecule has 0 saturated carbocycles. The smallest absolute Gasteiger partial charge is 0.124 e. The zero-order chi connectivity index (χ0) is 29.9. The van der Waals surface area contributed by atoms with Crippen LogP contribution in [0.15, 0.2) is 61.2 Å². The summed E-state index contributed by atoms with van der Waals surface area (Å²) >= 11 is 0. The van der Waals surface area contributed by atoms with Gasteiger partial charge in [-0.05, 0) is 105 Å². The second-order valence-electron chi connectivity index (χ2n) is 11.6. The summed E-state index contributed by atoms with van der Waals surface area (Å²) in [6.45, 7) is 9.81. The van der Waals surface area contributed by atoms with E-state index >= 15 is 0 Å². The molecule has 2 N–H and O–H groups in total. The van der Waals surface area contributed by atoms with Crippen molar-refractivity contribution in [1.82, 2.24) is 30.0 Å². The van der Waals surface area contributed by atoms with Crippen LogP contribution in [0.3, 0.4) is 0 Å². The van der Waals surface area contributed by atoms with Gasteiger partial charge >= 0.3 is 0 Å². The fourth-order valence-corrected chi connectivity index (χ4v) is 5.80. The predicted octanol–water partition coefficient (Wildman–Crippen LogP) is 5.54. The van der Waals surface area contributed by atoms with Crippen LogP contribution in [0.4, 0.5) is 10.1 Å². The number of aromatic amines is 2. The average Bonchev–Trinajstić information content (AvgIpc) is 3.75. The first kappa shape index (κ1) is 28.6. The van der Waals surface area contributed by atoms with E-state index in [1.54, 1.807) is 18.3 Å². The van der Waals surface area contributed by atoms with Gasteiger partial charge < -0.3 is 14.8 Å². The highest BCUT2D eigenvalue weighted by Crippen LogP contribution is 2.31. The highest BCUT2D eigenvalue weighted by molar-refractivity contribution is 5.97. The Kier molecular flexibility index (Phi) is 8.20. The lowest BCUT2D eigenvalue weighted by Crippen LogP contribution is -2.21. The topological polar surface area (TPSA) is 76.7 Å². The molecule has 1 aliphatic heterocycles. The first-order chi connectivity index (χ1) is 20.9. The van der Waals surface area contributed by atoms with E-state index in [9.17, 15) is 4.39 Å². The van der Waals surface area contributed by atoms with E-state index in [-0.39, 0.29) is 5.82 Å². The molecule has 0 spiro atoms. The predicted molar refractivity (Wildman–Crippen MR) is 175 cm³/mol. The zero-order valence-corrected chi connectivity index (χ0v) is 25.1. The molecule has 5 heterocycles. The second kappa shape index (κ2) is 12.4. The van der Waals surface area contributed by atoms with Crippen molar-refractivity contribution in [1.29, 1.82) is 0 Å². The van der Waals surface area contributed by atoms with Gasteiger partial charge in [-0.1, -0.05) is 18.7 Å². The van der Waals surface area contributed by atoms with E-state index in [0.717, 1.165) is 85.8 Å². The van der Waals surface area contributed by atoms with E-state index in [1.807, 2.05) is 49.7 Å². The van der Waals surface area contributed by atoms with Crippen LogP contribution >= 0.6 is 0 Å². The van der Waals surface area contributed by atoms with Gasteiger partial charge in [-0.15, -0.1) is 0 Å². The molecule has 0 amide bonds. The molecule has 1 aliphatic rings. The number of aryl methyl sites for hydroxylation is 1. The molecule has 0 radical (unpaired) electrons. The number of anilines is 1. The Balaban J connectivity index is 1.27. The van der Waals surface area contributed by atoms with Crippen LogP contribution in [0.5, 0.6) is 0 Å². The van der Waals surface area contributed by atoms with E-state index in [4.69, 9.17) is 0 Å². The number of nitrogens with zero attached hydrogens (tertiary/aromatic N) is 5. The molecule has 220 valence electrons. The number of H-pyrrole nitrogens is 2. The molecule has 8 heteroatoms. The Hall–Kier alpha value is -4.56. The molecule has 0 atom stereocenters. The third-order valence-electron chi connectivity index (χ3n) is 8.30. The number of halogens is 1. The fraction of sp³-hybridized carbons (Fsp3) is 0.286. The molecule has 1 saturated heterocycles. The first-order valence-corrected chi connectivity index (χ1v) is 14.9. The number of nitrogens with one attached hydrogen (secondary N) is 2. The van der Waals surface area contributed by atoms with E-state index < -0.39 is 0 Å². The Morgan fingerprint density at radius 2 is 1.86 bits per heavy atom. The molecule has 0 unspecified atom stereocenters. The molecule has 7 nitrogen and oxygen atoms in total. The number of fused-ring (bicyclic) bond motifs is 1. The quantitative estimate of drug-likeness (QED) is 0.241. The van der Waals surface area contributed by atoms with E-state index in [2.05, 4.69) is 61.8 Å². The van der Waals surface area contributed by atoms with Crippen LogP contribution < -0.4 is 15.5 Å². The number of pyridine rings is 2. The van der Waals surface area contributed by atoms with Crippen LogP contribution in [0.1, 0.15) is 37.3 Å². The number of hydrogen-bond acceptors (Lipinski definition) is 5. The number of benzene rings is 1. The Labute approximate surface area is 251 Å². The SMILES string of the molecule is C=c1c(-c2cc3c(-c4cc(F)cc(CCCN5CCCC5)c4)cncc3[nH]2)n[nH]/c1=C/C=C(\C)c1cncc(N(C)C)c1. The summed E-state index contributed by atoms with van der Waals surface area (Å²) in [5.41, 5.74) is 8.35.